The Bertz CT molecular complexity index is 890. The minimum Gasteiger partial charge on any atom is -0.382 e. The summed E-state index contributed by atoms with van der Waals surface area (Å²) in [6.07, 6.45) is 2.52. The molecule has 23 heavy (non-hydrogen) atoms. The van der Waals surface area contributed by atoms with Crippen molar-refractivity contribution < 1.29 is 0 Å². The molecule has 0 bridgehead atoms. The molecule has 0 aliphatic rings. The standard InChI is InChI=1S/C16H17N7/c1-3-12-10(2)22-23-14(18)13(8-17)15(21-16(12)23)20-9-11-6-4-5-7-19-11/h4-7H,3,9,18H2,1-2H3,(H,20,21). The van der Waals surface area contributed by atoms with E-state index in [0.29, 0.717) is 29.4 Å². The molecular formula is C16H17N7. The number of anilines is 2. The quantitative estimate of drug-likeness (QED) is 0.764. The number of nitrogen functional groups attached to an aromatic ring is 1. The smallest absolute Gasteiger partial charge is 0.163 e. The third kappa shape index (κ3) is 2.55. The van der Waals surface area contributed by atoms with Gasteiger partial charge in [-0.3, -0.25) is 4.98 Å². The van der Waals surface area contributed by atoms with Crippen molar-refractivity contribution in [2.24, 2.45) is 0 Å². The molecule has 7 heteroatoms. The highest BCUT2D eigenvalue weighted by molar-refractivity contribution is 5.69. The zero-order valence-corrected chi connectivity index (χ0v) is 13.0. The van der Waals surface area contributed by atoms with Crippen molar-refractivity contribution in [2.75, 3.05) is 11.1 Å². The van der Waals surface area contributed by atoms with Crippen molar-refractivity contribution in [3.63, 3.8) is 0 Å². The van der Waals surface area contributed by atoms with Crippen molar-refractivity contribution >= 4 is 17.3 Å². The van der Waals surface area contributed by atoms with Crippen molar-refractivity contribution in [1.29, 1.82) is 5.26 Å². The second-order valence-electron chi connectivity index (χ2n) is 5.16. The van der Waals surface area contributed by atoms with Crippen LogP contribution in [0.4, 0.5) is 11.6 Å². The Kier molecular flexibility index (Phi) is 3.81. The van der Waals surface area contributed by atoms with Crippen LogP contribution in [0, 0.1) is 18.3 Å². The highest BCUT2D eigenvalue weighted by atomic mass is 15.3. The lowest BCUT2D eigenvalue weighted by Crippen LogP contribution is -2.11. The van der Waals surface area contributed by atoms with Crippen LogP contribution in [0.1, 0.15) is 29.4 Å². The van der Waals surface area contributed by atoms with Crippen LogP contribution in [0.25, 0.3) is 5.65 Å². The summed E-state index contributed by atoms with van der Waals surface area (Å²) in [6, 6.07) is 7.78. The van der Waals surface area contributed by atoms with E-state index < -0.39 is 0 Å². The number of aryl methyl sites for hydroxylation is 2. The van der Waals surface area contributed by atoms with Crippen LogP contribution in [0.3, 0.4) is 0 Å². The van der Waals surface area contributed by atoms with Gasteiger partial charge in [0.05, 0.1) is 17.9 Å². The summed E-state index contributed by atoms with van der Waals surface area (Å²) in [6.45, 7) is 4.42. The Balaban J connectivity index is 2.06. The third-order valence-electron chi connectivity index (χ3n) is 3.72. The minimum atomic E-state index is 0.290. The number of hydrogen-bond donors (Lipinski definition) is 2. The van der Waals surface area contributed by atoms with Crippen LogP contribution in [0.5, 0.6) is 0 Å². The van der Waals surface area contributed by atoms with Gasteiger partial charge in [-0.1, -0.05) is 13.0 Å². The van der Waals surface area contributed by atoms with Crippen LogP contribution in [-0.2, 0) is 13.0 Å². The predicted octanol–water partition coefficient (Wildman–Crippen LogP) is 2.06. The van der Waals surface area contributed by atoms with Gasteiger partial charge >= 0.3 is 0 Å². The number of rotatable bonds is 4. The monoisotopic (exact) mass is 307 g/mol. The highest BCUT2D eigenvalue weighted by Crippen LogP contribution is 2.25. The molecule has 3 rings (SSSR count). The van der Waals surface area contributed by atoms with E-state index in [-0.39, 0.29) is 0 Å². The molecule has 0 aliphatic heterocycles. The average Bonchev–Trinajstić information content (AvgIpc) is 2.89. The van der Waals surface area contributed by atoms with Crippen LogP contribution < -0.4 is 11.1 Å². The number of fused-ring (bicyclic) bond motifs is 1. The number of nitrogens with one attached hydrogen (secondary N) is 1. The molecule has 0 saturated carbocycles. The molecule has 3 aromatic heterocycles. The van der Waals surface area contributed by atoms with Gasteiger partial charge in [0.15, 0.2) is 11.5 Å². The maximum atomic E-state index is 9.42. The number of aromatic nitrogens is 4. The molecule has 0 amide bonds. The zero-order chi connectivity index (χ0) is 16.4. The fraction of sp³-hybridized carbons (Fsp3) is 0.250. The van der Waals surface area contributed by atoms with Crippen LogP contribution in [0.15, 0.2) is 24.4 Å². The SMILES string of the molecule is CCc1c(C)nn2c(N)c(C#N)c(NCc3ccccn3)nc12. The first-order valence-corrected chi connectivity index (χ1v) is 7.37. The second-order valence-corrected chi connectivity index (χ2v) is 5.16. The summed E-state index contributed by atoms with van der Waals surface area (Å²) < 4.78 is 1.54. The number of hydrogen-bond acceptors (Lipinski definition) is 6. The van der Waals surface area contributed by atoms with Gasteiger partial charge in [0.2, 0.25) is 0 Å². The number of nitrogens with two attached hydrogens (primary N) is 1. The number of pyridine rings is 1. The molecule has 0 spiro atoms. The molecule has 0 saturated heterocycles. The van der Waals surface area contributed by atoms with Gasteiger partial charge in [0.25, 0.3) is 0 Å². The Morgan fingerprint density at radius 1 is 1.39 bits per heavy atom. The van der Waals surface area contributed by atoms with Crippen molar-refractivity contribution in [2.45, 2.75) is 26.8 Å². The molecule has 7 nitrogen and oxygen atoms in total. The van der Waals surface area contributed by atoms with E-state index in [0.717, 1.165) is 23.4 Å². The molecule has 3 heterocycles. The lowest BCUT2D eigenvalue weighted by molar-refractivity contribution is 0.921. The number of nitrogens with zero attached hydrogens (tertiary/aromatic N) is 5. The van der Waals surface area contributed by atoms with E-state index in [1.54, 1.807) is 10.7 Å². The third-order valence-corrected chi connectivity index (χ3v) is 3.72. The summed E-state index contributed by atoms with van der Waals surface area (Å²) in [7, 11) is 0. The van der Waals surface area contributed by atoms with E-state index in [2.05, 4.69) is 26.5 Å². The van der Waals surface area contributed by atoms with E-state index in [4.69, 9.17) is 5.73 Å². The zero-order valence-electron chi connectivity index (χ0n) is 13.0. The predicted molar refractivity (Wildman–Crippen MR) is 87.8 cm³/mol. The van der Waals surface area contributed by atoms with Crippen molar-refractivity contribution in [3.8, 4) is 6.07 Å². The molecule has 3 aromatic rings. The van der Waals surface area contributed by atoms with Gasteiger partial charge in [-0.15, -0.1) is 0 Å². The van der Waals surface area contributed by atoms with Crippen molar-refractivity contribution in [1.82, 2.24) is 19.6 Å². The maximum absolute atomic E-state index is 9.42. The van der Waals surface area contributed by atoms with Gasteiger partial charge in [-0.25, -0.2) is 4.98 Å². The topological polar surface area (TPSA) is 105 Å². The van der Waals surface area contributed by atoms with Gasteiger partial charge in [0, 0.05) is 11.8 Å². The normalized spacial score (nSPS) is 10.7. The van der Waals surface area contributed by atoms with Gasteiger partial charge in [-0.05, 0) is 25.5 Å². The Morgan fingerprint density at radius 2 is 2.22 bits per heavy atom. The molecule has 0 aromatic carbocycles. The molecule has 116 valence electrons. The Morgan fingerprint density at radius 3 is 2.87 bits per heavy atom. The molecule has 0 fully saturated rings. The van der Waals surface area contributed by atoms with Crippen molar-refractivity contribution in [3.05, 3.63) is 46.9 Å². The number of nitriles is 1. The summed E-state index contributed by atoms with van der Waals surface area (Å²) >= 11 is 0. The van der Waals surface area contributed by atoms with Gasteiger partial charge in [-0.2, -0.15) is 14.9 Å². The molecule has 3 N–H and O–H groups in total. The fourth-order valence-electron chi connectivity index (χ4n) is 2.55. The highest BCUT2D eigenvalue weighted by Gasteiger charge is 2.18. The van der Waals surface area contributed by atoms with Crippen LogP contribution in [0.2, 0.25) is 0 Å². The molecule has 0 aliphatic carbocycles. The summed E-state index contributed by atoms with van der Waals surface area (Å²) in [5.74, 6) is 0.751. The first-order valence-electron chi connectivity index (χ1n) is 7.37. The van der Waals surface area contributed by atoms with E-state index >= 15 is 0 Å². The maximum Gasteiger partial charge on any atom is 0.163 e. The second kappa shape index (κ2) is 5.93. The van der Waals surface area contributed by atoms with E-state index in [9.17, 15) is 5.26 Å². The minimum absolute atomic E-state index is 0.290. The molecule has 0 unspecified atom stereocenters. The summed E-state index contributed by atoms with van der Waals surface area (Å²) in [5.41, 5.74) is 9.85. The van der Waals surface area contributed by atoms with Crippen LogP contribution >= 0.6 is 0 Å². The van der Waals surface area contributed by atoms with Crippen LogP contribution in [-0.4, -0.2) is 19.6 Å². The molecule has 0 atom stereocenters. The van der Waals surface area contributed by atoms with E-state index in [1.807, 2.05) is 32.0 Å². The molecule has 0 radical (unpaired) electrons. The lowest BCUT2D eigenvalue weighted by Gasteiger charge is -2.10. The summed E-state index contributed by atoms with van der Waals surface area (Å²) in [5, 5.41) is 17.0. The largest absolute Gasteiger partial charge is 0.382 e. The Hall–Kier alpha value is -3.14. The lowest BCUT2D eigenvalue weighted by atomic mass is 10.2. The Labute approximate surface area is 133 Å². The average molecular weight is 307 g/mol. The summed E-state index contributed by atoms with van der Waals surface area (Å²) in [4.78, 5) is 8.82. The first-order chi connectivity index (χ1) is 11.2. The fourth-order valence-corrected chi connectivity index (χ4v) is 2.55. The molecular weight excluding hydrogens is 290 g/mol. The van der Waals surface area contributed by atoms with Gasteiger partial charge < -0.3 is 11.1 Å². The first kappa shape index (κ1) is 14.8. The van der Waals surface area contributed by atoms with Gasteiger partial charge in [0.1, 0.15) is 17.5 Å². The van der Waals surface area contributed by atoms with E-state index in [1.165, 1.54) is 0 Å².